The maximum absolute atomic E-state index is 11.0. The molecule has 2 rings (SSSR count). The van der Waals surface area contributed by atoms with Crippen LogP contribution in [-0.2, 0) is 16.1 Å². The summed E-state index contributed by atoms with van der Waals surface area (Å²) in [6.45, 7) is 17.6. The fourth-order valence-corrected chi connectivity index (χ4v) is 2.49. The molecule has 0 aliphatic rings. The van der Waals surface area contributed by atoms with Crippen LogP contribution in [0.5, 0.6) is 0 Å². The Morgan fingerprint density at radius 3 is 2.14 bits per heavy atom. The van der Waals surface area contributed by atoms with Crippen LogP contribution in [0.4, 0.5) is 0 Å². The Kier molecular flexibility index (Phi) is 11.7. The van der Waals surface area contributed by atoms with Crippen molar-refractivity contribution in [3.8, 4) is 0 Å². The van der Waals surface area contributed by atoms with Gasteiger partial charge in [-0.2, -0.15) is 5.10 Å². The molecule has 0 saturated heterocycles. The van der Waals surface area contributed by atoms with Crippen LogP contribution in [0.25, 0.3) is 0 Å². The molecule has 1 N–H and O–H groups in total. The lowest BCUT2D eigenvalue weighted by Gasteiger charge is -2.16. The molecule has 158 valence electrons. The van der Waals surface area contributed by atoms with Gasteiger partial charge in [-0.3, -0.25) is 14.3 Å². The first-order valence-electron chi connectivity index (χ1n) is 9.78. The summed E-state index contributed by atoms with van der Waals surface area (Å²) >= 11 is 0. The van der Waals surface area contributed by atoms with Crippen LogP contribution in [0.15, 0.2) is 16.9 Å². The first-order chi connectivity index (χ1) is 13.1. The molecule has 0 fully saturated rings. The van der Waals surface area contributed by atoms with Gasteiger partial charge in [-0.05, 0) is 45.6 Å². The van der Waals surface area contributed by atoms with Gasteiger partial charge in [-0.25, -0.2) is 0 Å². The van der Waals surface area contributed by atoms with E-state index >= 15 is 0 Å². The van der Waals surface area contributed by atoms with Crippen LogP contribution in [0, 0.1) is 26.7 Å². The lowest BCUT2D eigenvalue weighted by molar-refractivity contribution is -0.125. The largest absolute Gasteiger partial charge is 0.361 e. The Labute approximate surface area is 168 Å². The molecule has 0 bridgehead atoms. The number of ketones is 1. The molecule has 0 aromatic carbocycles. The number of hydrogen-bond donors (Lipinski definition) is 1. The number of rotatable bonds is 6. The summed E-state index contributed by atoms with van der Waals surface area (Å²) in [4.78, 5) is 21.7. The Hall–Kier alpha value is -2.44. The van der Waals surface area contributed by atoms with Gasteiger partial charge in [-0.1, -0.05) is 32.9 Å². The molecular formula is C21H36N4O3. The van der Waals surface area contributed by atoms with Crippen molar-refractivity contribution >= 4 is 11.7 Å². The number of nitrogens with zero attached hydrogens (tertiary/aromatic N) is 3. The third-order valence-electron chi connectivity index (χ3n) is 3.84. The fourth-order valence-electron chi connectivity index (χ4n) is 2.49. The number of nitrogens with one attached hydrogen (secondary N) is 1. The summed E-state index contributed by atoms with van der Waals surface area (Å²) in [5.41, 5.74) is 3.22. The zero-order valence-corrected chi connectivity index (χ0v) is 18.8. The van der Waals surface area contributed by atoms with E-state index < -0.39 is 0 Å². The van der Waals surface area contributed by atoms with Crippen molar-refractivity contribution in [3.63, 3.8) is 0 Å². The number of Topliss-reactive ketones (excluding diaryl/α,β-unsaturated/α-hetero) is 1. The summed E-state index contributed by atoms with van der Waals surface area (Å²) < 4.78 is 6.97. The highest BCUT2D eigenvalue weighted by Gasteiger charge is 2.16. The first-order valence-corrected chi connectivity index (χ1v) is 9.78. The van der Waals surface area contributed by atoms with Crippen LogP contribution in [-0.4, -0.2) is 32.7 Å². The normalized spacial score (nSPS) is 11.1. The van der Waals surface area contributed by atoms with Crippen LogP contribution in [0.2, 0.25) is 0 Å². The van der Waals surface area contributed by atoms with Crippen molar-refractivity contribution in [1.29, 1.82) is 0 Å². The summed E-state index contributed by atoms with van der Waals surface area (Å²) in [7, 11) is 0. The second kappa shape index (κ2) is 12.9. The topological polar surface area (TPSA) is 90.0 Å². The first kappa shape index (κ1) is 25.6. The third kappa shape index (κ3) is 9.48. The van der Waals surface area contributed by atoms with Gasteiger partial charge < -0.3 is 9.84 Å². The van der Waals surface area contributed by atoms with Gasteiger partial charge in [0.2, 0.25) is 5.91 Å². The minimum Gasteiger partial charge on any atom is -0.361 e. The van der Waals surface area contributed by atoms with E-state index in [0.29, 0.717) is 5.92 Å². The van der Waals surface area contributed by atoms with E-state index in [1.165, 1.54) is 13.8 Å². The van der Waals surface area contributed by atoms with E-state index in [1.54, 1.807) is 0 Å². The van der Waals surface area contributed by atoms with Gasteiger partial charge in [0.05, 0.1) is 24.5 Å². The van der Waals surface area contributed by atoms with Crippen molar-refractivity contribution in [2.75, 3.05) is 0 Å². The van der Waals surface area contributed by atoms with Gasteiger partial charge in [0.15, 0.2) is 5.78 Å². The van der Waals surface area contributed by atoms with Gasteiger partial charge >= 0.3 is 0 Å². The summed E-state index contributed by atoms with van der Waals surface area (Å²) in [6, 6.07) is -0.303. The highest BCUT2D eigenvalue weighted by atomic mass is 16.5. The van der Waals surface area contributed by atoms with Gasteiger partial charge in [0, 0.05) is 18.7 Å². The van der Waals surface area contributed by atoms with E-state index in [0.717, 1.165) is 35.5 Å². The average Bonchev–Trinajstić information content (AvgIpc) is 3.16. The number of carbonyl (C=O) groups is 2. The van der Waals surface area contributed by atoms with Gasteiger partial charge in [0.25, 0.3) is 0 Å². The molecule has 28 heavy (non-hydrogen) atoms. The number of aromatic nitrogens is 3. The summed E-state index contributed by atoms with van der Waals surface area (Å²) in [5, 5.41) is 10.7. The summed E-state index contributed by atoms with van der Waals surface area (Å²) in [6.07, 6.45) is 4.57. The Balaban J connectivity index is 0.000000485. The maximum atomic E-state index is 11.0. The Morgan fingerprint density at radius 1 is 1.18 bits per heavy atom. The van der Waals surface area contributed by atoms with E-state index in [4.69, 9.17) is 4.52 Å². The fraction of sp³-hybridized carbons (Fsp3) is 0.619. The zero-order valence-electron chi connectivity index (χ0n) is 18.8. The molecule has 1 unspecified atom stereocenters. The minimum atomic E-state index is -0.303. The monoisotopic (exact) mass is 392 g/mol. The van der Waals surface area contributed by atoms with Crippen molar-refractivity contribution in [2.45, 2.75) is 81.3 Å². The minimum absolute atomic E-state index is 0.0268. The maximum Gasteiger partial charge on any atom is 0.217 e. The number of hydrogen-bond acceptors (Lipinski definition) is 5. The van der Waals surface area contributed by atoms with Crippen molar-refractivity contribution in [2.24, 2.45) is 5.92 Å². The molecule has 7 heteroatoms. The van der Waals surface area contributed by atoms with Crippen LogP contribution in [0.1, 0.15) is 70.5 Å². The van der Waals surface area contributed by atoms with Crippen LogP contribution < -0.4 is 5.32 Å². The number of amides is 1. The molecule has 2 aromatic rings. The highest BCUT2D eigenvalue weighted by Crippen LogP contribution is 2.13. The summed E-state index contributed by atoms with van der Waals surface area (Å²) in [5.74, 6) is 1.18. The predicted molar refractivity (Wildman–Crippen MR) is 111 cm³/mol. The second-order valence-corrected chi connectivity index (χ2v) is 7.01. The van der Waals surface area contributed by atoms with E-state index in [9.17, 15) is 9.59 Å². The lowest BCUT2D eigenvalue weighted by Crippen LogP contribution is -2.39. The molecule has 2 heterocycles. The quantitative estimate of drug-likeness (QED) is 0.802. The number of aryl methyl sites for hydroxylation is 3. The molecule has 7 nitrogen and oxygen atoms in total. The Bertz CT molecular complexity index is 712. The zero-order chi connectivity index (χ0) is 21.9. The molecule has 2 aromatic heterocycles. The molecule has 1 amide bonds. The molecule has 0 radical (unpaired) electrons. The van der Waals surface area contributed by atoms with Gasteiger partial charge in [-0.15, -0.1) is 0 Å². The SMILES string of the molecule is CC.CC(=O)NC(CC(C)C)C(C)=O.Cc1cnn(Cc2c(C)noc2C)c1. The Morgan fingerprint density at radius 2 is 1.79 bits per heavy atom. The highest BCUT2D eigenvalue weighted by molar-refractivity contribution is 5.86. The smallest absolute Gasteiger partial charge is 0.217 e. The van der Waals surface area contributed by atoms with Gasteiger partial charge in [0.1, 0.15) is 5.76 Å². The lowest BCUT2D eigenvalue weighted by atomic mass is 10.0. The van der Waals surface area contributed by atoms with Crippen molar-refractivity contribution in [1.82, 2.24) is 20.3 Å². The van der Waals surface area contributed by atoms with Crippen molar-refractivity contribution in [3.05, 3.63) is 35.0 Å². The standard InChI is InChI=1S/C10H13N3O.C9H17NO2.C2H6/c1-7-4-11-13(5-7)6-10-8(2)12-14-9(10)3;1-6(2)5-9(7(3)11)10-8(4)12;1-2/h4-5H,6H2,1-3H3;6,9H,5H2,1-4H3,(H,10,12);1-2H3. The molecular weight excluding hydrogens is 356 g/mol. The molecule has 1 atom stereocenters. The average molecular weight is 393 g/mol. The van der Waals surface area contributed by atoms with E-state index in [1.807, 2.05) is 65.5 Å². The molecule has 0 saturated carbocycles. The molecule has 0 spiro atoms. The van der Waals surface area contributed by atoms with E-state index in [2.05, 4.69) is 15.6 Å². The number of carbonyl (C=O) groups excluding carboxylic acids is 2. The van der Waals surface area contributed by atoms with Crippen LogP contribution >= 0.6 is 0 Å². The molecule has 0 aliphatic carbocycles. The predicted octanol–water partition coefficient (Wildman–Crippen LogP) is 4.00. The van der Waals surface area contributed by atoms with E-state index in [-0.39, 0.29) is 17.7 Å². The molecule has 0 aliphatic heterocycles. The third-order valence-corrected chi connectivity index (χ3v) is 3.84. The second-order valence-electron chi connectivity index (χ2n) is 7.01. The van der Waals surface area contributed by atoms with Crippen LogP contribution in [0.3, 0.4) is 0 Å². The van der Waals surface area contributed by atoms with Crippen molar-refractivity contribution < 1.29 is 14.1 Å².